The Morgan fingerprint density at radius 2 is 1.81 bits per heavy atom. The standard InChI is InChI=1S/C14H28N2/c1-12-8-11-16(10-5-9-15-12)13(2)14-6-3-4-7-14/h12-15H,3-11H2,1-2H3. The second-order valence-corrected chi connectivity index (χ2v) is 5.82. The highest BCUT2D eigenvalue weighted by Gasteiger charge is 2.26. The van der Waals surface area contributed by atoms with Gasteiger partial charge in [0.25, 0.3) is 0 Å². The van der Waals surface area contributed by atoms with Gasteiger partial charge in [0.05, 0.1) is 0 Å². The minimum absolute atomic E-state index is 0.707. The van der Waals surface area contributed by atoms with Crippen molar-refractivity contribution >= 4 is 0 Å². The molecule has 0 aromatic rings. The Morgan fingerprint density at radius 3 is 2.56 bits per heavy atom. The molecule has 1 heterocycles. The van der Waals surface area contributed by atoms with E-state index in [1.54, 1.807) is 0 Å². The van der Waals surface area contributed by atoms with Gasteiger partial charge in [-0.15, -0.1) is 0 Å². The molecule has 2 heteroatoms. The summed E-state index contributed by atoms with van der Waals surface area (Å²) in [7, 11) is 0. The van der Waals surface area contributed by atoms with Gasteiger partial charge in [-0.3, -0.25) is 0 Å². The van der Waals surface area contributed by atoms with E-state index in [0.717, 1.165) is 12.0 Å². The fraction of sp³-hybridized carbons (Fsp3) is 1.00. The molecular formula is C14H28N2. The number of hydrogen-bond acceptors (Lipinski definition) is 2. The van der Waals surface area contributed by atoms with Gasteiger partial charge in [0.15, 0.2) is 0 Å². The lowest BCUT2D eigenvalue weighted by atomic mass is 9.97. The molecule has 2 rings (SSSR count). The van der Waals surface area contributed by atoms with Crippen LogP contribution in [0.15, 0.2) is 0 Å². The molecule has 0 aromatic carbocycles. The fourth-order valence-corrected chi connectivity index (χ4v) is 3.35. The van der Waals surface area contributed by atoms with E-state index in [1.807, 2.05) is 0 Å². The minimum Gasteiger partial charge on any atom is -0.314 e. The zero-order valence-electron chi connectivity index (χ0n) is 11.0. The van der Waals surface area contributed by atoms with E-state index in [0.29, 0.717) is 6.04 Å². The van der Waals surface area contributed by atoms with E-state index in [-0.39, 0.29) is 0 Å². The summed E-state index contributed by atoms with van der Waals surface area (Å²) in [6.07, 6.45) is 8.54. The smallest absolute Gasteiger partial charge is 0.00952 e. The van der Waals surface area contributed by atoms with Crippen molar-refractivity contribution in [2.45, 2.75) is 64.5 Å². The average molecular weight is 224 g/mol. The van der Waals surface area contributed by atoms with E-state index in [2.05, 4.69) is 24.1 Å². The van der Waals surface area contributed by atoms with E-state index < -0.39 is 0 Å². The third kappa shape index (κ3) is 3.21. The fourth-order valence-electron chi connectivity index (χ4n) is 3.35. The summed E-state index contributed by atoms with van der Waals surface area (Å²) in [5.74, 6) is 0.989. The molecule has 1 aliphatic heterocycles. The molecule has 0 bridgehead atoms. The molecule has 0 radical (unpaired) electrons. The Balaban J connectivity index is 1.85. The Labute approximate surface area is 101 Å². The number of hydrogen-bond donors (Lipinski definition) is 1. The third-order valence-electron chi connectivity index (χ3n) is 4.62. The Kier molecular flexibility index (Phi) is 4.66. The lowest BCUT2D eigenvalue weighted by molar-refractivity contribution is 0.139. The highest BCUT2D eigenvalue weighted by Crippen LogP contribution is 2.30. The first-order chi connectivity index (χ1) is 7.77. The van der Waals surface area contributed by atoms with Gasteiger partial charge in [-0.2, -0.15) is 0 Å². The van der Waals surface area contributed by atoms with Crippen molar-refractivity contribution in [1.29, 1.82) is 0 Å². The molecule has 1 aliphatic carbocycles. The van der Waals surface area contributed by atoms with Gasteiger partial charge in [0.2, 0.25) is 0 Å². The molecule has 1 N–H and O–H groups in total. The topological polar surface area (TPSA) is 15.3 Å². The maximum atomic E-state index is 3.59. The van der Waals surface area contributed by atoms with Crippen molar-refractivity contribution in [3.8, 4) is 0 Å². The maximum absolute atomic E-state index is 3.59. The second-order valence-electron chi connectivity index (χ2n) is 5.82. The first-order valence-electron chi connectivity index (χ1n) is 7.25. The summed E-state index contributed by atoms with van der Waals surface area (Å²) >= 11 is 0. The van der Waals surface area contributed by atoms with Crippen molar-refractivity contribution in [1.82, 2.24) is 10.2 Å². The number of nitrogens with one attached hydrogen (secondary N) is 1. The van der Waals surface area contributed by atoms with Crippen LogP contribution in [-0.4, -0.2) is 36.6 Å². The molecule has 94 valence electrons. The van der Waals surface area contributed by atoms with E-state index in [4.69, 9.17) is 0 Å². The van der Waals surface area contributed by atoms with Gasteiger partial charge in [0.1, 0.15) is 0 Å². The highest BCUT2D eigenvalue weighted by atomic mass is 15.2. The largest absolute Gasteiger partial charge is 0.314 e. The Morgan fingerprint density at radius 1 is 1.06 bits per heavy atom. The van der Waals surface area contributed by atoms with E-state index >= 15 is 0 Å². The predicted molar refractivity (Wildman–Crippen MR) is 69.7 cm³/mol. The number of nitrogens with zero attached hydrogens (tertiary/aromatic N) is 1. The number of rotatable bonds is 2. The van der Waals surface area contributed by atoms with Crippen LogP contribution in [-0.2, 0) is 0 Å². The Hall–Kier alpha value is -0.0800. The van der Waals surface area contributed by atoms with Crippen LogP contribution in [0.2, 0.25) is 0 Å². The van der Waals surface area contributed by atoms with Crippen molar-refractivity contribution in [2.75, 3.05) is 19.6 Å². The summed E-state index contributed by atoms with van der Waals surface area (Å²) in [6.45, 7) is 8.59. The predicted octanol–water partition coefficient (Wildman–Crippen LogP) is 2.64. The minimum atomic E-state index is 0.707. The maximum Gasteiger partial charge on any atom is 0.00952 e. The average Bonchev–Trinajstić information content (AvgIpc) is 2.77. The SMILES string of the molecule is CC1CCN(C(C)C2CCCC2)CCCN1. The molecule has 16 heavy (non-hydrogen) atoms. The molecule has 2 nitrogen and oxygen atoms in total. The van der Waals surface area contributed by atoms with Crippen molar-refractivity contribution in [3.63, 3.8) is 0 Å². The van der Waals surface area contributed by atoms with Crippen LogP contribution in [0.4, 0.5) is 0 Å². The molecule has 1 saturated heterocycles. The highest BCUT2D eigenvalue weighted by molar-refractivity contribution is 4.81. The van der Waals surface area contributed by atoms with Crippen LogP contribution in [0.1, 0.15) is 52.4 Å². The van der Waals surface area contributed by atoms with E-state index in [9.17, 15) is 0 Å². The van der Waals surface area contributed by atoms with Gasteiger partial charge >= 0.3 is 0 Å². The van der Waals surface area contributed by atoms with Gasteiger partial charge in [-0.05, 0) is 65.1 Å². The molecular weight excluding hydrogens is 196 g/mol. The van der Waals surface area contributed by atoms with Crippen LogP contribution in [0, 0.1) is 5.92 Å². The lowest BCUT2D eigenvalue weighted by Gasteiger charge is -2.35. The van der Waals surface area contributed by atoms with Crippen molar-refractivity contribution in [2.24, 2.45) is 5.92 Å². The summed E-state index contributed by atoms with van der Waals surface area (Å²) in [5.41, 5.74) is 0. The molecule has 1 saturated carbocycles. The quantitative estimate of drug-likeness (QED) is 0.776. The van der Waals surface area contributed by atoms with Gasteiger partial charge < -0.3 is 10.2 Å². The lowest BCUT2D eigenvalue weighted by Crippen LogP contribution is -2.44. The van der Waals surface area contributed by atoms with Crippen LogP contribution in [0.5, 0.6) is 0 Å². The van der Waals surface area contributed by atoms with Crippen LogP contribution < -0.4 is 5.32 Å². The van der Waals surface area contributed by atoms with Crippen LogP contribution in [0.3, 0.4) is 0 Å². The summed E-state index contributed by atoms with van der Waals surface area (Å²) in [5, 5.41) is 3.59. The zero-order valence-corrected chi connectivity index (χ0v) is 11.0. The van der Waals surface area contributed by atoms with Crippen molar-refractivity contribution in [3.05, 3.63) is 0 Å². The molecule has 2 unspecified atom stereocenters. The van der Waals surface area contributed by atoms with Crippen LogP contribution in [0.25, 0.3) is 0 Å². The first-order valence-corrected chi connectivity index (χ1v) is 7.25. The third-order valence-corrected chi connectivity index (χ3v) is 4.62. The molecule has 2 atom stereocenters. The Bertz CT molecular complexity index is 199. The van der Waals surface area contributed by atoms with Crippen molar-refractivity contribution < 1.29 is 0 Å². The van der Waals surface area contributed by atoms with Gasteiger partial charge in [-0.25, -0.2) is 0 Å². The van der Waals surface area contributed by atoms with Gasteiger partial charge in [-0.1, -0.05) is 12.8 Å². The second kappa shape index (κ2) is 6.02. The first kappa shape index (κ1) is 12.4. The molecule has 0 spiro atoms. The van der Waals surface area contributed by atoms with Crippen LogP contribution >= 0.6 is 0 Å². The summed E-state index contributed by atoms with van der Waals surface area (Å²) in [4.78, 5) is 2.76. The molecule has 0 amide bonds. The summed E-state index contributed by atoms with van der Waals surface area (Å²) < 4.78 is 0. The zero-order chi connectivity index (χ0) is 11.4. The normalized spacial score (nSPS) is 32.2. The monoisotopic (exact) mass is 224 g/mol. The molecule has 2 aliphatic rings. The molecule has 2 fully saturated rings. The summed E-state index contributed by atoms with van der Waals surface area (Å²) in [6, 6.07) is 1.53. The molecule has 0 aromatic heterocycles. The van der Waals surface area contributed by atoms with E-state index in [1.165, 1.54) is 58.2 Å². The van der Waals surface area contributed by atoms with Gasteiger partial charge in [0, 0.05) is 12.1 Å².